The Morgan fingerprint density at radius 1 is 1.15 bits per heavy atom. The summed E-state index contributed by atoms with van der Waals surface area (Å²) in [5, 5.41) is 13.9. The molecule has 0 saturated carbocycles. The van der Waals surface area contributed by atoms with Gasteiger partial charge in [-0.25, -0.2) is 0 Å². The van der Waals surface area contributed by atoms with Crippen molar-refractivity contribution in [2.75, 3.05) is 44.7 Å². The molecule has 0 aromatic heterocycles. The maximum absolute atomic E-state index is 12.5. The zero-order valence-corrected chi connectivity index (χ0v) is 15.7. The standard InChI is InChI=1S/C19H27N5O2/c1-14(2)17(19(26)21-9-8-20)22-18(25)15-4-6-16(7-5-15)24-12-10-23(3)11-13-24/h4-7,14,17H,9-13H2,1-3H3,(H,21,26)(H,22,25). The minimum Gasteiger partial charge on any atom is -0.369 e. The Morgan fingerprint density at radius 3 is 2.31 bits per heavy atom. The van der Waals surface area contributed by atoms with Crippen molar-refractivity contribution in [1.29, 1.82) is 5.26 Å². The Kier molecular flexibility index (Phi) is 6.98. The molecule has 1 heterocycles. The first-order valence-corrected chi connectivity index (χ1v) is 8.91. The fourth-order valence-corrected chi connectivity index (χ4v) is 2.88. The van der Waals surface area contributed by atoms with Crippen molar-refractivity contribution in [2.24, 2.45) is 5.92 Å². The van der Waals surface area contributed by atoms with Crippen LogP contribution in [0.5, 0.6) is 0 Å². The van der Waals surface area contributed by atoms with Gasteiger partial charge in [-0.15, -0.1) is 0 Å². The molecule has 7 nitrogen and oxygen atoms in total. The largest absolute Gasteiger partial charge is 0.369 e. The van der Waals surface area contributed by atoms with Crippen LogP contribution >= 0.6 is 0 Å². The molecule has 1 aromatic carbocycles. The number of carbonyl (C=O) groups is 2. The summed E-state index contributed by atoms with van der Waals surface area (Å²) in [6.07, 6.45) is 0. The van der Waals surface area contributed by atoms with Gasteiger partial charge in [-0.05, 0) is 37.2 Å². The second-order valence-corrected chi connectivity index (χ2v) is 6.91. The Hall–Kier alpha value is -2.59. The molecular weight excluding hydrogens is 330 g/mol. The molecule has 26 heavy (non-hydrogen) atoms. The summed E-state index contributed by atoms with van der Waals surface area (Å²) in [5.41, 5.74) is 1.61. The minimum absolute atomic E-state index is 0.0718. The zero-order valence-electron chi connectivity index (χ0n) is 15.7. The van der Waals surface area contributed by atoms with Gasteiger partial charge < -0.3 is 20.4 Å². The van der Waals surface area contributed by atoms with Crippen LogP contribution in [0.25, 0.3) is 0 Å². The van der Waals surface area contributed by atoms with E-state index in [-0.39, 0.29) is 24.3 Å². The van der Waals surface area contributed by atoms with Gasteiger partial charge in [0.15, 0.2) is 0 Å². The average molecular weight is 357 g/mol. The van der Waals surface area contributed by atoms with Gasteiger partial charge in [-0.2, -0.15) is 5.26 Å². The highest BCUT2D eigenvalue weighted by Crippen LogP contribution is 2.17. The fraction of sp³-hybridized carbons (Fsp3) is 0.526. The van der Waals surface area contributed by atoms with Gasteiger partial charge >= 0.3 is 0 Å². The second-order valence-electron chi connectivity index (χ2n) is 6.91. The van der Waals surface area contributed by atoms with Crippen molar-refractivity contribution in [1.82, 2.24) is 15.5 Å². The quantitative estimate of drug-likeness (QED) is 0.737. The van der Waals surface area contributed by atoms with Crippen molar-refractivity contribution in [3.8, 4) is 6.07 Å². The number of carbonyl (C=O) groups excluding carboxylic acids is 2. The van der Waals surface area contributed by atoms with Crippen LogP contribution in [-0.4, -0.2) is 62.5 Å². The average Bonchev–Trinajstić information content (AvgIpc) is 2.64. The summed E-state index contributed by atoms with van der Waals surface area (Å²) in [7, 11) is 2.11. The molecule has 1 saturated heterocycles. The van der Waals surface area contributed by atoms with Gasteiger partial charge in [0.25, 0.3) is 5.91 Å². The first-order chi connectivity index (χ1) is 12.4. The number of hydrogen-bond acceptors (Lipinski definition) is 5. The van der Waals surface area contributed by atoms with Gasteiger partial charge in [-0.1, -0.05) is 13.8 Å². The monoisotopic (exact) mass is 357 g/mol. The fourth-order valence-electron chi connectivity index (χ4n) is 2.88. The summed E-state index contributed by atoms with van der Waals surface area (Å²) < 4.78 is 0. The summed E-state index contributed by atoms with van der Waals surface area (Å²) in [5.74, 6) is -0.716. The van der Waals surface area contributed by atoms with E-state index in [4.69, 9.17) is 5.26 Å². The van der Waals surface area contributed by atoms with Crippen molar-refractivity contribution in [3.63, 3.8) is 0 Å². The highest BCUT2D eigenvalue weighted by molar-refractivity contribution is 5.97. The third kappa shape index (κ3) is 5.20. The number of nitrogens with one attached hydrogen (secondary N) is 2. The summed E-state index contributed by atoms with van der Waals surface area (Å²) >= 11 is 0. The Morgan fingerprint density at radius 2 is 1.77 bits per heavy atom. The Balaban J connectivity index is 2.00. The van der Waals surface area contributed by atoms with E-state index in [0.717, 1.165) is 31.9 Å². The van der Waals surface area contributed by atoms with Crippen LogP contribution < -0.4 is 15.5 Å². The lowest BCUT2D eigenvalue weighted by atomic mass is 10.0. The second kappa shape index (κ2) is 9.20. The van der Waals surface area contributed by atoms with E-state index in [1.54, 1.807) is 12.1 Å². The molecule has 1 unspecified atom stereocenters. The SMILES string of the molecule is CC(C)C(NC(=O)c1ccc(N2CCN(C)CC2)cc1)C(=O)NCC#N. The van der Waals surface area contributed by atoms with Crippen LogP contribution in [0.1, 0.15) is 24.2 Å². The zero-order chi connectivity index (χ0) is 19.1. The van der Waals surface area contributed by atoms with E-state index >= 15 is 0 Å². The van der Waals surface area contributed by atoms with E-state index in [2.05, 4.69) is 27.5 Å². The van der Waals surface area contributed by atoms with E-state index in [1.165, 1.54) is 0 Å². The molecular formula is C19H27N5O2. The Bertz CT molecular complexity index is 658. The molecule has 7 heteroatoms. The van der Waals surface area contributed by atoms with Gasteiger partial charge in [0.1, 0.15) is 12.6 Å². The number of likely N-dealkylation sites (N-methyl/N-ethyl adjacent to an activating group) is 1. The lowest BCUT2D eigenvalue weighted by molar-refractivity contribution is -0.123. The number of piperazine rings is 1. The molecule has 2 amide bonds. The molecule has 1 aliphatic heterocycles. The lowest BCUT2D eigenvalue weighted by Gasteiger charge is -2.34. The smallest absolute Gasteiger partial charge is 0.251 e. The molecule has 0 spiro atoms. The van der Waals surface area contributed by atoms with Gasteiger partial charge in [0.05, 0.1) is 6.07 Å². The summed E-state index contributed by atoms with van der Waals surface area (Å²) in [6, 6.07) is 8.65. The van der Waals surface area contributed by atoms with Gasteiger partial charge in [0.2, 0.25) is 5.91 Å². The maximum atomic E-state index is 12.5. The topological polar surface area (TPSA) is 88.5 Å². The third-order valence-corrected chi connectivity index (χ3v) is 4.58. The maximum Gasteiger partial charge on any atom is 0.251 e. The van der Waals surface area contributed by atoms with Crippen LogP contribution in [0.3, 0.4) is 0 Å². The van der Waals surface area contributed by atoms with Crippen LogP contribution in [0.2, 0.25) is 0 Å². The van der Waals surface area contributed by atoms with Gasteiger partial charge in [0, 0.05) is 37.4 Å². The predicted octanol–water partition coefficient (Wildman–Crippen LogP) is 0.833. The van der Waals surface area contributed by atoms with Crippen LogP contribution in [0.15, 0.2) is 24.3 Å². The summed E-state index contributed by atoms with van der Waals surface area (Å²) in [6.45, 7) is 7.62. The van der Waals surface area contributed by atoms with Crippen LogP contribution in [0.4, 0.5) is 5.69 Å². The number of nitrogens with zero attached hydrogens (tertiary/aromatic N) is 3. The number of benzene rings is 1. The number of hydrogen-bond donors (Lipinski definition) is 2. The van der Waals surface area contributed by atoms with Crippen LogP contribution in [0, 0.1) is 17.2 Å². The molecule has 1 aromatic rings. The number of nitriles is 1. The van der Waals surface area contributed by atoms with E-state index in [9.17, 15) is 9.59 Å². The Labute approximate surface area is 155 Å². The van der Waals surface area contributed by atoms with Crippen molar-refractivity contribution in [2.45, 2.75) is 19.9 Å². The first kappa shape index (κ1) is 19.7. The van der Waals surface area contributed by atoms with Crippen molar-refractivity contribution < 1.29 is 9.59 Å². The molecule has 2 rings (SSSR count). The van der Waals surface area contributed by atoms with E-state index in [1.807, 2.05) is 32.0 Å². The van der Waals surface area contributed by atoms with Gasteiger partial charge in [-0.3, -0.25) is 9.59 Å². The predicted molar refractivity (Wildman–Crippen MR) is 101 cm³/mol. The summed E-state index contributed by atoms with van der Waals surface area (Å²) in [4.78, 5) is 29.2. The molecule has 0 aliphatic carbocycles. The highest BCUT2D eigenvalue weighted by atomic mass is 16.2. The molecule has 140 valence electrons. The highest BCUT2D eigenvalue weighted by Gasteiger charge is 2.24. The minimum atomic E-state index is -0.673. The number of amides is 2. The normalized spacial score (nSPS) is 16.0. The third-order valence-electron chi connectivity index (χ3n) is 4.58. The lowest BCUT2D eigenvalue weighted by Crippen LogP contribution is -2.49. The molecule has 1 fully saturated rings. The van der Waals surface area contributed by atoms with E-state index in [0.29, 0.717) is 5.56 Å². The molecule has 1 aliphatic rings. The van der Waals surface area contributed by atoms with E-state index < -0.39 is 6.04 Å². The molecule has 2 N–H and O–H groups in total. The number of anilines is 1. The van der Waals surface area contributed by atoms with Crippen molar-refractivity contribution in [3.05, 3.63) is 29.8 Å². The molecule has 0 bridgehead atoms. The first-order valence-electron chi connectivity index (χ1n) is 8.91. The van der Waals surface area contributed by atoms with Crippen LogP contribution in [-0.2, 0) is 4.79 Å². The van der Waals surface area contributed by atoms with Crippen molar-refractivity contribution >= 4 is 17.5 Å². The number of rotatable bonds is 6. The molecule has 1 atom stereocenters. The molecule has 0 radical (unpaired) electrons.